The number of anilines is 2. The summed E-state index contributed by atoms with van der Waals surface area (Å²) >= 11 is 7.30. The first-order chi connectivity index (χ1) is 10.6. The molecule has 3 rings (SSSR count). The van der Waals surface area contributed by atoms with Gasteiger partial charge >= 0.3 is 0 Å². The van der Waals surface area contributed by atoms with Gasteiger partial charge in [-0.05, 0) is 60.7 Å². The number of nitrogen functional groups attached to an aromatic ring is 2. The van der Waals surface area contributed by atoms with Gasteiger partial charge in [-0.25, -0.2) is 0 Å². The van der Waals surface area contributed by atoms with E-state index in [0.717, 1.165) is 16.4 Å². The minimum Gasteiger partial charge on any atom is -0.399 e. The number of rotatable bonds is 2. The molecule has 0 aliphatic rings. The predicted octanol–water partition coefficient (Wildman–Crippen LogP) is 5.34. The molecule has 3 aromatic carbocycles. The van der Waals surface area contributed by atoms with E-state index < -0.39 is 0 Å². The van der Waals surface area contributed by atoms with Crippen LogP contribution in [0.25, 0.3) is 0 Å². The van der Waals surface area contributed by atoms with Crippen molar-refractivity contribution in [3.63, 3.8) is 0 Å². The second kappa shape index (κ2) is 8.37. The third-order valence-electron chi connectivity index (χ3n) is 2.73. The maximum absolute atomic E-state index is 5.61. The monoisotopic (exact) mass is 328 g/mol. The average molecular weight is 329 g/mol. The summed E-state index contributed by atoms with van der Waals surface area (Å²) in [5, 5.41) is 0.721. The van der Waals surface area contributed by atoms with Crippen molar-refractivity contribution in [1.29, 1.82) is 0 Å². The van der Waals surface area contributed by atoms with Crippen LogP contribution in [0.5, 0.6) is 0 Å². The van der Waals surface area contributed by atoms with Crippen LogP contribution in [-0.4, -0.2) is 0 Å². The molecule has 0 saturated heterocycles. The van der Waals surface area contributed by atoms with Crippen LogP contribution in [0.3, 0.4) is 0 Å². The minimum absolute atomic E-state index is 0.721. The summed E-state index contributed by atoms with van der Waals surface area (Å²) in [6.45, 7) is 0. The molecule has 0 aliphatic heterocycles. The molecule has 0 spiro atoms. The molecule has 0 radical (unpaired) electrons. The lowest BCUT2D eigenvalue weighted by Gasteiger charge is -2.01. The molecule has 0 saturated carbocycles. The standard InChI is InChI=1S/C12H11NS.C6H6ClN/c13-10-6-8-12(9-7-10)14-11-4-2-1-3-5-11;7-5-1-3-6(8)4-2-5/h1-9H,13H2;1-4H,8H2. The van der Waals surface area contributed by atoms with Crippen LogP contribution in [0, 0.1) is 0 Å². The second-order valence-corrected chi connectivity index (χ2v) is 6.12. The first-order valence-corrected chi connectivity index (χ1v) is 7.92. The van der Waals surface area contributed by atoms with E-state index in [9.17, 15) is 0 Å². The molecular formula is C18H17ClN2S. The summed E-state index contributed by atoms with van der Waals surface area (Å²) in [5.41, 5.74) is 12.5. The molecule has 3 aromatic rings. The van der Waals surface area contributed by atoms with Crippen LogP contribution < -0.4 is 11.5 Å². The van der Waals surface area contributed by atoms with Gasteiger partial charge in [0.15, 0.2) is 0 Å². The van der Waals surface area contributed by atoms with E-state index in [2.05, 4.69) is 12.1 Å². The lowest BCUT2D eigenvalue weighted by atomic mass is 10.3. The Morgan fingerprint density at radius 1 is 0.591 bits per heavy atom. The normalized spacial score (nSPS) is 9.68. The summed E-state index contributed by atoms with van der Waals surface area (Å²) in [7, 11) is 0. The minimum atomic E-state index is 0.721. The van der Waals surface area contributed by atoms with Crippen molar-refractivity contribution in [3.05, 3.63) is 83.9 Å². The number of benzene rings is 3. The topological polar surface area (TPSA) is 52.0 Å². The van der Waals surface area contributed by atoms with E-state index in [0.29, 0.717) is 0 Å². The third kappa shape index (κ3) is 5.72. The Morgan fingerprint density at radius 2 is 1.05 bits per heavy atom. The van der Waals surface area contributed by atoms with E-state index in [4.69, 9.17) is 23.1 Å². The largest absolute Gasteiger partial charge is 0.399 e. The van der Waals surface area contributed by atoms with Gasteiger partial charge in [0.2, 0.25) is 0 Å². The van der Waals surface area contributed by atoms with E-state index in [1.165, 1.54) is 9.79 Å². The fourth-order valence-electron chi connectivity index (χ4n) is 1.62. The van der Waals surface area contributed by atoms with Gasteiger partial charge in [-0.3, -0.25) is 0 Å². The van der Waals surface area contributed by atoms with Gasteiger partial charge in [0.25, 0.3) is 0 Å². The van der Waals surface area contributed by atoms with E-state index in [1.54, 1.807) is 36.0 Å². The number of nitrogens with two attached hydrogens (primary N) is 2. The quantitative estimate of drug-likeness (QED) is 0.624. The van der Waals surface area contributed by atoms with Crippen LogP contribution in [-0.2, 0) is 0 Å². The molecule has 4 heteroatoms. The van der Waals surface area contributed by atoms with E-state index >= 15 is 0 Å². The maximum atomic E-state index is 5.61. The molecule has 0 fully saturated rings. The van der Waals surface area contributed by atoms with Crippen LogP contribution in [0.2, 0.25) is 5.02 Å². The molecule has 0 heterocycles. The van der Waals surface area contributed by atoms with Gasteiger partial charge < -0.3 is 11.5 Å². The van der Waals surface area contributed by atoms with Gasteiger partial charge in [-0.15, -0.1) is 0 Å². The molecule has 112 valence electrons. The second-order valence-electron chi connectivity index (χ2n) is 4.54. The van der Waals surface area contributed by atoms with E-state index in [1.807, 2.05) is 42.5 Å². The highest BCUT2D eigenvalue weighted by atomic mass is 35.5. The van der Waals surface area contributed by atoms with Crippen LogP contribution in [0.15, 0.2) is 88.7 Å². The Bertz CT molecular complexity index is 662. The summed E-state index contributed by atoms with van der Waals surface area (Å²) in [4.78, 5) is 2.46. The molecule has 4 N–H and O–H groups in total. The summed E-state index contributed by atoms with van der Waals surface area (Å²) in [6, 6.07) is 25.3. The molecule has 0 amide bonds. The van der Waals surface area contributed by atoms with Gasteiger partial charge in [0.05, 0.1) is 0 Å². The number of halogens is 1. The average Bonchev–Trinajstić information content (AvgIpc) is 2.54. The third-order valence-corrected chi connectivity index (χ3v) is 4.00. The van der Waals surface area contributed by atoms with E-state index in [-0.39, 0.29) is 0 Å². The summed E-state index contributed by atoms with van der Waals surface area (Å²) in [5.74, 6) is 0. The number of hydrogen-bond acceptors (Lipinski definition) is 3. The molecule has 2 nitrogen and oxygen atoms in total. The van der Waals surface area contributed by atoms with Crippen LogP contribution >= 0.6 is 23.4 Å². The van der Waals surface area contributed by atoms with Gasteiger partial charge in [0, 0.05) is 26.2 Å². The Labute approximate surface area is 140 Å². The van der Waals surface area contributed by atoms with Crippen LogP contribution in [0.4, 0.5) is 11.4 Å². The molecule has 0 atom stereocenters. The first-order valence-electron chi connectivity index (χ1n) is 6.73. The maximum Gasteiger partial charge on any atom is 0.0407 e. The van der Waals surface area contributed by atoms with Gasteiger partial charge in [0.1, 0.15) is 0 Å². The van der Waals surface area contributed by atoms with Crippen molar-refractivity contribution in [2.24, 2.45) is 0 Å². The molecule has 22 heavy (non-hydrogen) atoms. The fourth-order valence-corrected chi connectivity index (χ4v) is 2.59. The first kappa shape index (κ1) is 16.3. The Kier molecular flexibility index (Phi) is 6.19. The van der Waals surface area contributed by atoms with Crippen molar-refractivity contribution >= 4 is 34.7 Å². The highest BCUT2D eigenvalue weighted by Gasteiger charge is 1.95. The molecule has 0 aliphatic carbocycles. The Morgan fingerprint density at radius 3 is 1.55 bits per heavy atom. The summed E-state index contributed by atoms with van der Waals surface area (Å²) in [6.07, 6.45) is 0. The number of hydrogen-bond donors (Lipinski definition) is 2. The van der Waals surface area contributed by atoms with Crippen molar-refractivity contribution in [3.8, 4) is 0 Å². The predicted molar refractivity (Wildman–Crippen MR) is 97.3 cm³/mol. The van der Waals surface area contributed by atoms with Crippen LogP contribution in [0.1, 0.15) is 0 Å². The lowest BCUT2D eigenvalue weighted by Crippen LogP contribution is -1.82. The molecular weight excluding hydrogens is 312 g/mol. The van der Waals surface area contributed by atoms with Crippen molar-refractivity contribution < 1.29 is 0 Å². The molecule has 0 aromatic heterocycles. The van der Waals surface area contributed by atoms with Crippen molar-refractivity contribution in [1.82, 2.24) is 0 Å². The van der Waals surface area contributed by atoms with Gasteiger partial charge in [-0.2, -0.15) is 0 Å². The summed E-state index contributed by atoms with van der Waals surface area (Å²) < 4.78 is 0. The highest BCUT2D eigenvalue weighted by molar-refractivity contribution is 7.99. The zero-order valence-electron chi connectivity index (χ0n) is 11.9. The highest BCUT2D eigenvalue weighted by Crippen LogP contribution is 2.27. The van der Waals surface area contributed by atoms with Crippen molar-refractivity contribution in [2.45, 2.75) is 9.79 Å². The van der Waals surface area contributed by atoms with Gasteiger partial charge in [-0.1, -0.05) is 41.6 Å². The molecule has 0 bridgehead atoms. The smallest absolute Gasteiger partial charge is 0.0407 e. The van der Waals surface area contributed by atoms with Crippen molar-refractivity contribution in [2.75, 3.05) is 11.5 Å². The lowest BCUT2D eigenvalue weighted by molar-refractivity contribution is 1.41. The molecule has 0 unspecified atom stereocenters. The zero-order chi connectivity index (χ0) is 15.8. The Balaban J connectivity index is 0.000000188. The SMILES string of the molecule is Nc1ccc(Cl)cc1.Nc1ccc(Sc2ccccc2)cc1. The fraction of sp³-hybridized carbons (Fsp3) is 0. The zero-order valence-corrected chi connectivity index (χ0v) is 13.5. The Hall–Kier alpha value is -2.10.